The van der Waals surface area contributed by atoms with Crippen molar-refractivity contribution in [2.75, 3.05) is 13.1 Å². The zero-order valence-corrected chi connectivity index (χ0v) is 17.6. The molecular weight excluding hydrogens is 378 g/mol. The average molecular weight is 403 g/mol. The van der Waals surface area contributed by atoms with Crippen LogP contribution in [0.4, 0.5) is 0 Å². The van der Waals surface area contributed by atoms with Gasteiger partial charge in [-0.2, -0.15) is 5.10 Å². The van der Waals surface area contributed by atoms with Gasteiger partial charge in [-0.05, 0) is 43.2 Å². The molecule has 1 amide bonds. The first-order valence-electron chi connectivity index (χ1n) is 10.4. The van der Waals surface area contributed by atoms with Crippen LogP contribution in [0.25, 0.3) is 10.9 Å². The van der Waals surface area contributed by atoms with Crippen molar-refractivity contribution < 1.29 is 14.3 Å². The first-order chi connectivity index (χ1) is 14.4. The van der Waals surface area contributed by atoms with E-state index in [0.29, 0.717) is 49.4 Å². The van der Waals surface area contributed by atoms with Crippen molar-refractivity contribution in [3.63, 3.8) is 0 Å². The molecule has 2 aliphatic heterocycles. The number of hydrogen-bond acceptors (Lipinski definition) is 4. The maximum absolute atomic E-state index is 13.3. The third kappa shape index (κ3) is 2.90. The third-order valence-electron chi connectivity index (χ3n) is 6.61. The number of ketones is 1. The Hall–Kier alpha value is -3.15. The summed E-state index contributed by atoms with van der Waals surface area (Å²) in [5, 5.41) is 5.33. The Morgan fingerprint density at radius 2 is 1.80 bits per heavy atom. The van der Waals surface area contributed by atoms with E-state index in [1.807, 2.05) is 62.2 Å². The van der Waals surface area contributed by atoms with E-state index < -0.39 is 5.60 Å². The number of likely N-dealkylation sites (tertiary alicyclic amines) is 1. The lowest BCUT2D eigenvalue weighted by molar-refractivity contribution is -0.00594. The molecule has 5 rings (SSSR count). The minimum atomic E-state index is -0.517. The number of amides is 1. The highest BCUT2D eigenvalue weighted by molar-refractivity contribution is 6.05. The summed E-state index contributed by atoms with van der Waals surface area (Å²) in [4.78, 5) is 28.0. The van der Waals surface area contributed by atoms with Gasteiger partial charge in [-0.3, -0.25) is 14.3 Å². The van der Waals surface area contributed by atoms with Gasteiger partial charge >= 0.3 is 0 Å². The smallest absolute Gasteiger partial charge is 0.272 e. The average Bonchev–Trinajstić information content (AvgIpc) is 3.05. The van der Waals surface area contributed by atoms with E-state index in [0.717, 1.165) is 22.0 Å². The summed E-state index contributed by atoms with van der Waals surface area (Å²) < 4.78 is 8.07. The van der Waals surface area contributed by atoms with E-state index in [1.165, 1.54) is 0 Å². The normalized spacial score (nSPS) is 17.8. The van der Waals surface area contributed by atoms with Crippen molar-refractivity contribution >= 4 is 22.6 Å². The Balaban J connectivity index is 1.37. The number of carbonyl (C=O) groups is 2. The number of benzene rings is 2. The van der Waals surface area contributed by atoms with Gasteiger partial charge in [-0.1, -0.05) is 18.2 Å². The third-order valence-corrected chi connectivity index (χ3v) is 6.61. The van der Waals surface area contributed by atoms with Crippen molar-refractivity contribution in [1.29, 1.82) is 0 Å². The summed E-state index contributed by atoms with van der Waals surface area (Å²) in [6.45, 7) is 5.17. The van der Waals surface area contributed by atoms with Crippen molar-refractivity contribution in [2.45, 2.75) is 38.7 Å². The molecule has 3 heterocycles. The van der Waals surface area contributed by atoms with Crippen LogP contribution in [0, 0.1) is 13.8 Å². The number of nitrogens with zero attached hydrogens (tertiary/aromatic N) is 3. The van der Waals surface area contributed by atoms with E-state index in [2.05, 4.69) is 5.10 Å². The first kappa shape index (κ1) is 18.9. The molecule has 154 valence electrons. The predicted octanol–water partition coefficient (Wildman–Crippen LogP) is 3.83. The molecule has 0 aliphatic carbocycles. The molecule has 6 nitrogen and oxygen atoms in total. The van der Waals surface area contributed by atoms with Gasteiger partial charge < -0.3 is 9.64 Å². The summed E-state index contributed by atoms with van der Waals surface area (Å²) in [5.74, 6) is 0.804. The van der Waals surface area contributed by atoms with Crippen molar-refractivity contribution in [1.82, 2.24) is 14.7 Å². The molecule has 6 heteroatoms. The number of piperidine rings is 1. The topological polar surface area (TPSA) is 64.4 Å². The fourth-order valence-corrected chi connectivity index (χ4v) is 4.70. The Bertz CT molecular complexity index is 1190. The quantitative estimate of drug-likeness (QED) is 0.619. The fraction of sp³-hybridized carbons (Fsp3) is 0.375. The van der Waals surface area contributed by atoms with Crippen LogP contribution < -0.4 is 4.74 Å². The van der Waals surface area contributed by atoms with Gasteiger partial charge in [-0.25, -0.2) is 0 Å². The van der Waals surface area contributed by atoms with Crippen LogP contribution in [0.15, 0.2) is 36.4 Å². The van der Waals surface area contributed by atoms with Gasteiger partial charge in [0, 0.05) is 38.4 Å². The zero-order chi connectivity index (χ0) is 21.0. The van der Waals surface area contributed by atoms with Crippen LogP contribution in [0.3, 0.4) is 0 Å². The van der Waals surface area contributed by atoms with E-state index in [1.54, 1.807) is 4.68 Å². The van der Waals surface area contributed by atoms with Crippen LogP contribution in [-0.2, 0) is 7.05 Å². The highest BCUT2D eigenvalue weighted by Crippen LogP contribution is 2.40. The van der Waals surface area contributed by atoms with E-state index >= 15 is 0 Å². The van der Waals surface area contributed by atoms with Crippen LogP contribution in [0.2, 0.25) is 0 Å². The molecule has 0 atom stereocenters. The van der Waals surface area contributed by atoms with Crippen molar-refractivity contribution in [2.24, 2.45) is 7.05 Å². The second-order valence-electron chi connectivity index (χ2n) is 8.60. The molecule has 0 saturated carbocycles. The minimum Gasteiger partial charge on any atom is -0.486 e. The molecule has 1 aromatic heterocycles. The number of Topliss-reactive ketones (excluding diaryl/α,β-unsaturated/α-hetero) is 1. The largest absolute Gasteiger partial charge is 0.486 e. The lowest BCUT2D eigenvalue weighted by Gasteiger charge is -2.44. The van der Waals surface area contributed by atoms with Gasteiger partial charge in [0.25, 0.3) is 5.91 Å². The van der Waals surface area contributed by atoms with Crippen LogP contribution in [-0.4, -0.2) is 45.1 Å². The molecule has 2 aromatic carbocycles. The fourth-order valence-electron chi connectivity index (χ4n) is 4.70. The van der Waals surface area contributed by atoms with Crippen molar-refractivity contribution in [3.05, 3.63) is 58.8 Å². The lowest BCUT2D eigenvalue weighted by Crippen LogP contribution is -2.52. The zero-order valence-electron chi connectivity index (χ0n) is 17.6. The van der Waals surface area contributed by atoms with Crippen LogP contribution in [0.1, 0.15) is 51.2 Å². The second-order valence-corrected chi connectivity index (χ2v) is 8.60. The Morgan fingerprint density at radius 3 is 2.57 bits per heavy atom. The lowest BCUT2D eigenvalue weighted by atomic mass is 9.82. The summed E-state index contributed by atoms with van der Waals surface area (Å²) >= 11 is 0. The summed E-state index contributed by atoms with van der Waals surface area (Å²) in [7, 11) is 1.81. The van der Waals surface area contributed by atoms with Gasteiger partial charge in [0.2, 0.25) is 0 Å². The standard InChI is InChI=1S/C24H25N3O3/c1-15-12-18-20(28)14-24(30-21(18)13-16(15)2)8-10-27(11-9-24)23(29)22-17-6-4-5-7-19(17)25-26(22)3/h4-7,12-13H,8-11,14H2,1-3H3. The number of carbonyl (C=O) groups excluding carboxylic acids is 2. The molecular formula is C24H25N3O3. The van der Waals surface area contributed by atoms with E-state index in [9.17, 15) is 9.59 Å². The molecule has 30 heavy (non-hydrogen) atoms. The Morgan fingerprint density at radius 1 is 1.10 bits per heavy atom. The van der Waals surface area contributed by atoms with E-state index in [4.69, 9.17) is 4.74 Å². The first-order valence-corrected chi connectivity index (χ1v) is 10.4. The Labute approximate surface area is 175 Å². The molecule has 1 spiro atoms. The van der Waals surface area contributed by atoms with Crippen LogP contribution in [0.5, 0.6) is 5.75 Å². The number of fused-ring (bicyclic) bond motifs is 2. The number of aromatic nitrogens is 2. The molecule has 0 N–H and O–H groups in total. The summed E-state index contributed by atoms with van der Waals surface area (Å²) in [6.07, 6.45) is 1.67. The minimum absolute atomic E-state index is 0.0185. The molecule has 0 bridgehead atoms. The maximum Gasteiger partial charge on any atom is 0.272 e. The Kier molecular flexibility index (Phi) is 4.20. The highest BCUT2D eigenvalue weighted by Gasteiger charge is 2.44. The number of hydrogen-bond donors (Lipinski definition) is 0. The monoisotopic (exact) mass is 403 g/mol. The van der Waals surface area contributed by atoms with E-state index in [-0.39, 0.29) is 11.7 Å². The summed E-state index contributed by atoms with van der Waals surface area (Å²) in [6, 6.07) is 11.6. The molecule has 1 saturated heterocycles. The molecule has 2 aliphatic rings. The molecule has 0 unspecified atom stereocenters. The van der Waals surface area contributed by atoms with Gasteiger partial charge in [0.1, 0.15) is 17.0 Å². The highest BCUT2D eigenvalue weighted by atomic mass is 16.5. The number of rotatable bonds is 1. The number of ether oxygens (including phenoxy) is 1. The predicted molar refractivity (Wildman–Crippen MR) is 114 cm³/mol. The van der Waals surface area contributed by atoms with Crippen molar-refractivity contribution in [3.8, 4) is 5.75 Å². The second kappa shape index (κ2) is 6.69. The summed E-state index contributed by atoms with van der Waals surface area (Å²) in [5.41, 5.74) is 3.82. The molecule has 1 fully saturated rings. The van der Waals surface area contributed by atoms with Gasteiger partial charge in [-0.15, -0.1) is 0 Å². The van der Waals surface area contributed by atoms with Gasteiger partial charge in [0.15, 0.2) is 5.78 Å². The number of aryl methyl sites for hydroxylation is 3. The molecule has 0 radical (unpaired) electrons. The van der Waals surface area contributed by atoms with Gasteiger partial charge in [0.05, 0.1) is 17.5 Å². The SMILES string of the molecule is Cc1cc2c(cc1C)C(=O)CC1(CCN(C(=O)c3c4ccccc4nn3C)CC1)O2. The molecule has 3 aromatic rings. The van der Waals surface area contributed by atoms with Crippen LogP contribution >= 0.6 is 0 Å². The maximum atomic E-state index is 13.3.